The number of aromatic nitrogens is 1. The van der Waals surface area contributed by atoms with Crippen molar-refractivity contribution in [1.29, 1.82) is 0 Å². The first-order valence-electron chi connectivity index (χ1n) is 6.24. The predicted octanol–water partition coefficient (Wildman–Crippen LogP) is 3.14. The van der Waals surface area contributed by atoms with Gasteiger partial charge >= 0.3 is 0 Å². The van der Waals surface area contributed by atoms with Crippen molar-refractivity contribution in [3.05, 3.63) is 35.9 Å². The number of aryl methyl sites for hydroxylation is 1. The monoisotopic (exact) mass is 262 g/mol. The highest BCUT2D eigenvalue weighted by molar-refractivity contribution is 5.89. The molecule has 2 rings (SSSR count). The molecule has 0 unspecified atom stereocenters. The lowest BCUT2D eigenvalue weighted by Crippen LogP contribution is -2.12. The first-order chi connectivity index (χ1) is 8.95. The summed E-state index contributed by atoms with van der Waals surface area (Å²) in [4.78, 5) is 11.7. The molecule has 0 aliphatic carbocycles. The van der Waals surface area contributed by atoms with Gasteiger partial charge in [0.25, 0.3) is 0 Å². The van der Waals surface area contributed by atoms with Crippen molar-refractivity contribution < 1.29 is 13.7 Å². The van der Waals surface area contributed by atoms with E-state index in [0.29, 0.717) is 18.7 Å². The maximum Gasteiger partial charge on any atom is 0.231 e. The average molecular weight is 262 g/mol. The Bertz CT molecular complexity index is 535. The lowest BCUT2D eigenvalue weighted by Gasteiger charge is -2.12. The lowest BCUT2D eigenvalue weighted by molar-refractivity contribution is -0.116. The van der Waals surface area contributed by atoms with Gasteiger partial charge in [0.15, 0.2) is 0 Å². The Morgan fingerprint density at radius 1 is 1.42 bits per heavy atom. The number of anilines is 1. The van der Waals surface area contributed by atoms with Crippen LogP contribution in [0, 0.1) is 0 Å². The molecule has 0 saturated heterocycles. The largest absolute Gasteiger partial charge is 0.469 e. The molecule has 102 valence electrons. The van der Waals surface area contributed by atoms with Crippen LogP contribution in [0.4, 0.5) is 5.88 Å². The third-order valence-electron chi connectivity index (χ3n) is 2.72. The van der Waals surface area contributed by atoms with Gasteiger partial charge in [0, 0.05) is 24.3 Å². The molecule has 1 amide bonds. The van der Waals surface area contributed by atoms with Crippen molar-refractivity contribution in [2.24, 2.45) is 0 Å². The molecule has 0 radical (unpaired) electrons. The summed E-state index contributed by atoms with van der Waals surface area (Å²) in [7, 11) is 0. The summed E-state index contributed by atoms with van der Waals surface area (Å²) in [5.74, 6) is 1.06. The Morgan fingerprint density at radius 3 is 2.79 bits per heavy atom. The lowest BCUT2D eigenvalue weighted by atomic mass is 9.92. The third-order valence-corrected chi connectivity index (χ3v) is 2.72. The van der Waals surface area contributed by atoms with Crippen LogP contribution in [0.2, 0.25) is 0 Å². The zero-order chi connectivity index (χ0) is 13.9. The van der Waals surface area contributed by atoms with Crippen LogP contribution in [0.25, 0.3) is 0 Å². The number of carbonyl (C=O) groups is 1. The number of nitrogens with zero attached hydrogens (tertiary/aromatic N) is 1. The van der Waals surface area contributed by atoms with Gasteiger partial charge in [-0.25, -0.2) is 0 Å². The molecule has 0 aliphatic heterocycles. The molecule has 0 spiro atoms. The number of hydrogen-bond donors (Lipinski definition) is 1. The molecule has 2 aromatic heterocycles. The Hall–Kier alpha value is -2.04. The summed E-state index contributed by atoms with van der Waals surface area (Å²) < 4.78 is 10.3. The average Bonchev–Trinajstić information content (AvgIpc) is 2.95. The molecule has 0 fully saturated rings. The second-order valence-corrected chi connectivity index (χ2v) is 5.45. The van der Waals surface area contributed by atoms with E-state index in [1.165, 1.54) is 0 Å². The van der Waals surface area contributed by atoms with Gasteiger partial charge in [0.2, 0.25) is 11.8 Å². The van der Waals surface area contributed by atoms with Crippen molar-refractivity contribution in [1.82, 2.24) is 5.16 Å². The van der Waals surface area contributed by atoms with Crippen LogP contribution < -0.4 is 5.32 Å². The van der Waals surface area contributed by atoms with Gasteiger partial charge < -0.3 is 8.94 Å². The smallest absolute Gasteiger partial charge is 0.231 e. The van der Waals surface area contributed by atoms with Crippen LogP contribution in [0.1, 0.15) is 38.6 Å². The van der Waals surface area contributed by atoms with Crippen molar-refractivity contribution in [3.63, 3.8) is 0 Å². The van der Waals surface area contributed by atoms with Crippen LogP contribution in [-0.2, 0) is 16.6 Å². The minimum atomic E-state index is -0.118. The topological polar surface area (TPSA) is 68.3 Å². The highest BCUT2D eigenvalue weighted by atomic mass is 16.5. The van der Waals surface area contributed by atoms with Gasteiger partial charge in [0.05, 0.1) is 12.0 Å². The maximum atomic E-state index is 11.7. The number of amides is 1. The van der Waals surface area contributed by atoms with Gasteiger partial charge in [-0.2, -0.15) is 0 Å². The standard InChI is InChI=1S/C14H18N2O3/c1-14(2,3)11-9-13(19-16-11)15-12(17)7-6-10-5-4-8-18-10/h4-5,8-9H,6-7H2,1-3H3,(H,15,17). The van der Waals surface area contributed by atoms with E-state index in [1.54, 1.807) is 18.4 Å². The summed E-state index contributed by atoms with van der Waals surface area (Å²) >= 11 is 0. The number of furan rings is 1. The predicted molar refractivity (Wildman–Crippen MR) is 70.9 cm³/mol. The first-order valence-corrected chi connectivity index (χ1v) is 6.24. The zero-order valence-electron chi connectivity index (χ0n) is 11.4. The second kappa shape index (κ2) is 5.30. The summed E-state index contributed by atoms with van der Waals surface area (Å²) in [5.41, 5.74) is 0.717. The highest BCUT2D eigenvalue weighted by Gasteiger charge is 2.19. The number of rotatable bonds is 4. The normalized spacial score (nSPS) is 11.5. The van der Waals surface area contributed by atoms with Crippen molar-refractivity contribution in [2.45, 2.75) is 39.0 Å². The molecule has 2 heterocycles. The number of carbonyl (C=O) groups excluding carboxylic acids is 1. The molecule has 0 aliphatic rings. The number of hydrogen-bond acceptors (Lipinski definition) is 4. The summed E-state index contributed by atoms with van der Waals surface area (Å²) in [6.45, 7) is 6.11. The molecular weight excluding hydrogens is 244 g/mol. The molecule has 0 bridgehead atoms. The second-order valence-electron chi connectivity index (χ2n) is 5.45. The maximum absolute atomic E-state index is 11.7. The van der Waals surface area contributed by atoms with Gasteiger partial charge in [0.1, 0.15) is 5.76 Å². The van der Waals surface area contributed by atoms with Crippen LogP contribution in [0.5, 0.6) is 0 Å². The van der Waals surface area contributed by atoms with E-state index in [0.717, 1.165) is 11.5 Å². The third kappa shape index (κ3) is 3.71. The van der Waals surface area contributed by atoms with Gasteiger partial charge in [-0.1, -0.05) is 25.9 Å². The molecule has 5 nitrogen and oxygen atoms in total. The SMILES string of the molecule is CC(C)(C)c1cc(NC(=O)CCc2ccco2)on1. The van der Waals surface area contributed by atoms with Gasteiger partial charge in [-0.05, 0) is 12.1 Å². The van der Waals surface area contributed by atoms with Crippen molar-refractivity contribution >= 4 is 11.8 Å². The fourth-order valence-corrected chi connectivity index (χ4v) is 1.58. The van der Waals surface area contributed by atoms with E-state index in [1.807, 2.05) is 26.8 Å². The Morgan fingerprint density at radius 2 is 2.21 bits per heavy atom. The van der Waals surface area contributed by atoms with Crippen LogP contribution in [-0.4, -0.2) is 11.1 Å². The van der Waals surface area contributed by atoms with E-state index in [-0.39, 0.29) is 11.3 Å². The molecular formula is C14H18N2O3. The van der Waals surface area contributed by atoms with Gasteiger partial charge in [-0.15, -0.1) is 0 Å². The highest BCUT2D eigenvalue weighted by Crippen LogP contribution is 2.23. The zero-order valence-corrected chi connectivity index (χ0v) is 11.4. The van der Waals surface area contributed by atoms with E-state index < -0.39 is 0 Å². The fourth-order valence-electron chi connectivity index (χ4n) is 1.58. The summed E-state index contributed by atoms with van der Waals surface area (Å²) in [6, 6.07) is 5.41. The summed E-state index contributed by atoms with van der Waals surface area (Å²) in [5, 5.41) is 6.63. The van der Waals surface area contributed by atoms with Gasteiger partial charge in [-0.3, -0.25) is 10.1 Å². The Kier molecular flexibility index (Phi) is 3.74. The van der Waals surface area contributed by atoms with Crippen molar-refractivity contribution in [2.75, 3.05) is 5.32 Å². The van der Waals surface area contributed by atoms with E-state index >= 15 is 0 Å². The molecule has 1 N–H and O–H groups in total. The molecule has 0 atom stereocenters. The first kappa shape index (κ1) is 13.4. The van der Waals surface area contributed by atoms with Crippen LogP contribution in [0.3, 0.4) is 0 Å². The quantitative estimate of drug-likeness (QED) is 0.919. The Balaban J connectivity index is 1.87. The van der Waals surface area contributed by atoms with E-state index in [4.69, 9.17) is 8.94 Å². The van der Waals surface area contributed by atoms with E-state index in [9.17, 15) is 4.79 Å². The molecule has 2 aromatic rings. The molecule has 0 aromatic carbocycles. The number of nitrogens with one attached hydrogen (secondary N) is 1. The van der Waals surface area contributed by atoms with Crippen molar-refractivity contribution in [3.8, 4) is 0 Å². The molecule has 19 heavy (non-hydrogen) atoms. The fraction of sp³-hybridized carbons (Fsp3) is 0.429. The minimum Gasteiger partial charge on any atom is -0.469 e. The molecule has 0 saturated carbocycles. The van der Waals surface area contributed by atoms with Crippen LogP contribution in [0.15, 0.2) is 33.4 Å². The summed E-state index contributed by atoms with van der Waals surface area (Å²) in [6.07, 6.45) is 2.51. The molecule has 5 heteroatoms. The van der Waals surface area contributed by atoms with Crippen LogP contribution >= 0.6 is 0 Å². The Labute approximate surface area is 112 Å². The van der Waals surface area contributed by atoms with E-state index in [2.05, 4.69) is 10.5 Å². The minimum absolute atomic E-state index is 0.0966.